The number of aryl methyl sites for hydroxylation is 1. The molecule has 5 heteroatoms. The lowest BCUT2D eigenvalue weighted by Crippen LogP contribution is -2.07. The minimum atomic E-state index is -1.40. The van der Waals surface area contributed by atoms with E-state index in [1.165, 1.54) is 0 Å². The Balaban J connectivity index is 3.20. The van der Waals surface area contributed by atoms with Crippen molar-refractivity contribution in [1.82, 2.24) is 0 Å². The van der Waals surface area contributed by atoms with E-state index in [0.717, 1.165) is 35.7 Å². The van der Waals surface area contributed by atoms with Crippen LogP contribution in [0.25, 0.3) is 0 Å². The molecule has 0 aliphatic heterocycles. The van der Waals surface area contributed by atoms with Crippen molar-refractivity contribution in [1.29, 1.82) is 0 Å². The summed E-state index contributed by atoms with van der Waals surface area (Å²) in [7, 11) is 0. The van der Waals surface area contributed by atoms with Gasteiger partial charge in [0.25, 0.3) is 0 Å². The summed E-state index contributed by atoms with van der Waals surface area (Å²) < 4.78 is 5.61. The van der Waals surface area contributed by atoms with Gasteiger partial charge < -0.3 is 14.9 Å². The lowest BCUT2D eigenvalue weighted by atomic mass is 10.0. The molecule has 0 heterocycles. The molecule has 0 aromatic heterocycles. The van der Waals surface area contributed by atoms with Crippen molar-refractivity contribution in [2.24, 2.45) is 0 Å². The number of carbonyl (C=O) groups is 1. The highest BCUT2D eigenvalue weighted by Gasteiger charge is 2.19. The number of carboxylic acid groups (broad SMARTS) is 1. The van der Waals surface area contributed by atoms with E-state index in [0.29, 0.717) is 18.4 Å². The molecule has 0 atom stereocenters. The summed E-state index contributed by atoms with van der Waals surface area (Å²) in [5.74, 6) is 0.0292. The van der Waals surface area contributed by atoms with E-state index in [-0.39, 0.29) is 11.5 Å². The number of hydrogen-bond acceptors (Lipinski definition) is 3. The Bertz CT molecular complexity index is 471. The molecule has 0 aliphatic carbocycles. The molecule has 0 spiro atoms. The first kappa shape index (κ1) is 16.8. The molecule has 0 amide bonds. The minimum Gasteiger partial charge on any atom is -0.504 e. The van der Waals surface area contributed by atoms with Crippen LogP contribution in [0.1, 0.15) is 50.7 Å². The number of halogens is 1. The van der Waals surface area contributed by atoms with E-state index in [2.05, 4.69) is 29.8 Å². The van der Waals surface area contributed by atoms with Crippen LogP contribution in [0.4, 0.5) is 4.79 Å². The molecule has 1 aromatic rings. The van der Waals surface area contributed by atoms with E-state index >= 15 is 0 Å². The van der Waals surface area contributed by atoms with Crippen LogP contribution in [0.15, 0.2) is 10.5 Å². The first-order valence-electron chi connectivity index (χ1n) is 6.95. The zero-order valence-electron chi connectivity index (χ0n) is 11.9. The fourth-order valence-electron chi connectivity index (χ4n) is 2.05. The van der Waals surface area contributed by atoms with Gasteiger partial charge in [-0.1, -0.05) is 42.6 Å². The summed E-state index contributed by atoms with van der Waals surface area (Å²) in [6.07, 6.45) is 3.79. The van der Waals surface area contributed by atoms with Gasteiger partial charge in [-0.15, -0.1) is 0 Å². The molecule has 0 unspecified atom stereocenters. The maximum Gasteiger partial charge on any atom is 0.511 e. The molecule has 2 N–H and O–H groups in total. The van der Waals surface area contributed by atoms with E-state index in [9.17, 15) is 9.90 Å². The molecule has 1 aromatic carbocycles. The number of phenols is 1. The van der Waals surface area contributed by atoms with Crippen LogP contribution in [0.2, 0.25) is 0 Å². The number of benzene rings is 1. The normalized spacial score (nSPS) is 10.6. The van der Waals surface area contributed by atoms with Crippen molar-refractivity contribution < 1.29 is 19.7 Å². The second kappa shape index (κ2) is 8.15. The van der Waals surface area contributed by atoms with Gasteiger partial charge in [0.2, 0.25) is 0 Å². The average Bonchev–Trinajstić information content (AvgIpc) is 2.39. The van der Waals surface area contributed by atoms with Gasteiger partial charge in [0, 0.05) is 15.6 Å². The predicted octanol–water partition coefficient (Wildman–Crippen LogP) is 4.90. The zero-order chi connectivity index (χ0) is 15.1. The van der Waals surface area contributed by atoms with E-state index in [1.54, 1.807) is 0 Å². The molecular formula is C15H21BrO4. The monoisotopic (exact) mass is 344 g/mol. The Morgan fingerprint density at radius 1 is 1.25 bits per heavy atom. The predicted molar refractivity (Wildman–Crippen MR) is 81.7 cm³/mol. The standard InChI is InChI=1S/C15H21BrO4/c1-3-5-7-10-9-12(16)11(8-6-4-2)13(17)14(10)20-15(18)19/h9,17H,3-8H2,1-2H3,(H,18,19). The van der Waals surface area contributed by atoms with Crippen molar-refractivity contribution in [3.05, 3.63) is 21.7 Å². The fraction of sp³-hybridized carbons (Fsp3) is 0.533. The first-order chi connectivity index (χ1) is 9.51. The van der Waals surface area contributed by atoms with Gasteiger partial charge in [0.1, 0.15) is 0 Å². The van der Waals surface area contributed by atoms with Crippen LogP contribution in [-0.2, 0) is 12.8 Å². The van der Waals surface area contributed by atoms with Gasteiger partial charge >= 0.3 is 6.16 Å². The van der Waals surface area contributed by atoms with Gasteiger partial charge in [-0.25, -0.2) is 4.79 Å². The van der Waals surface area contributed by atoms with Gasteiger partial charge in [-0.2, -0.15) is 0 Å². The summed E-state index contributed by atoms with van der Waals surface area (Å²) in [5, 5.41) is 19.1. The Hall–Kier alpha value is -1.23. The zero-order valence-corrected chi connectivity index (χ0v) is 13.5. The summed E-state index contributed by atoms with van der Waals surface area (Å²) in [6.45, 7) is 4.12. The second-order valence-corrected chi connectivity index (χ2v) is 5.60. The molecule has 0 radical (unpaired) electrons. The minimum absolute atomic E-state index is 0.0543. The highest BCUT2D eigenvalue weighted by Crippen LogP contribution is 2.40. The van der Waals surface area contributed by atoms with Crippen LogP contribution < -0.4 is 4.74 Å². The van der Waals surface area contributed by atoms with Crippen LogP contribution in [-0.4, -0.2) is 16.4 Å². The highest BCUT2D eigenvalue weighted by molar-refractivity contribution is 9.10. The molecule has 4 nitrogen and oxygen atoms in total. The van der Waals surface area contributed by atoms with Crippen LogP contribution >= 0.6 is 15.9 Å². The molecule has 0 saturated carbocycles. The number of hydrogen-bond donors (Lipinski definition) is 2. The van der Waals surface area contributed by atoms with Crippen LogP contribution in [0.5, 0.6) is 11.5 Å². The number of ether oxygens (including phenoxy) is 1. The third-order valence-electron chi connectivity index (χ3n) is 3.15. The third kappa shape index (κ3) is 4.40. The molecule has 0 fully saturated rings. The summed E-state index contributed by atoms with van der Waals surface area (Å²) >= 11 is 3.46. The summed E-state index contributed by atoms with van der Waals surface area (Å²) in [6, 6.07) is 1.86. The quantitative estimate of drug-likeness (QED) is 0.545. The lowest BCUT2D eigenvalue weighted by molar-refractivity contribution is 0.142. The average molecular weight is 345 g/mol. The van der Waals surface area contributed by atoms with Crippen molar-refractivity contribution in [3.63, 3.8) is 0 Å². The van der Waals surface area contributed by atoms with E-state index < -0.39 is 6.16 Å². The summed E-state index contributed by atoms with van der Waals surface area (Å²) in [4.78, 5) is 10.8. The van der Waals surface area contributed by atoms with Crippen molar-refractivity contribution in [2.75, 3.05) is 0 Å². The molecule has 0 saturated heterocycles. The Kier molecular flexibility index (Phi) is 6.85. The molecule has 20 heavy (non-hydrogen) atoms. The van der Waals surface area contributed by atoms with E-state index in [4.69, 9.17) is 9.84 Å². The number of phenolic OH excluding ortho intramolecular Hbond substituents is 1. The third-order valence-corrected chi connectivity index (χ3v) is 3.86. The van der Waals surface area contributed by atoms with Gasteiger partial charge in [-0.3, -0.25) is 0 Å². The van der Waals surface area contributed by atoms with Crippen molar-refractivity contribution in [3.8, 4) is 11.5 Å². The Morgan fingerprint density at radius 2 is 1.85 bits per heavy atom. The van der Waals surface area contributed by atoms with Crippen molar-refractivity contribution >= 4 is 22.1 Å². The summed E-state index contributed by atoms with van der Waals surface area (Å²) in [5.41, 5.74) is 1.43. The second-order valence-electron chi connectivity index (χ2n) is 4.75. The van der Waals surface area contributed by atoms with Crippen LogP contribution in [0.3, 0.4) is 0 Å². The van der Waals surface area contributed by atoms with Gasteiger partial charge in [-0.05, 0) is 31.7 Å². The van der Waals surface area contributed by atoms with Crippen molar-refractivity contribution in [2.45, 2.75) is 52.4 Å². The number of unbranched alkanes of at least 4 members (excludes halogenated alkanes) is 2. The Labute approximate surface area is 127 Å². The van der Waals surface area contributed by atoms with Gasteiger partial charge in [0.15, 0.2) is 11.5 Å². The fourth-order valence-corrected chi connectivity index (χ4v) is 2.72. The smallest absolute Gasteiger partial charge is 0.504 e. The molecule has 112 valence electrons. The first-order valence-corrected chi connectivity index (χ1v) is 7.74. The molecule has 0 aliphatic rings. The molecule has 1 rings (SSSR count). The highest BCUT2D eigenvalue weighted by atomic mass is 79.9. The SMILES string of the molecule is CCCCc1cc(Br)c(CCCC)c(O)c1OC(=O)O. The lowest BCUT2D eigenvalue weighted by Gasteiger charge is -2.15. The van der Waals surface area contributed by atoms with Gasteiger partial charge in [0.05, 0.1) is 0 Å². The maximum atomic E-state index is 10.8. The largest absolute Gasteiger partial charge is 0.511 e. The van der Waals surface area contributed by atoms with E-state index in [1.807, 2.05) is 6.07 Å². The number of aromatic hydroxyl groups is 1. The topological polar surface area (TPSA) is 66.8 Å². The molecular weight excluding hydrogens is 324 g/mol. The maximum absolute atomic E-state index is 10.8. The number of rotatable bonds is 7. The molecule has 0 bridgehead atoms. The Morgan fingerprint density at radius 3 is 2.40 bits per heavy atom. The van der Waals surface area contributed by atoms with Crippen LogP contribution in [0, 0.1) is 0 Å².